The highest BCUT2D eigenvalue weighted by Gasteiger charge is 2.25. The topological polar surface area (TPSA) is 108 Å². The van der Waals surface area contributed by atoms with E-state index in [0.717, 1.165) is 17.9 Å². The maximum absolute atomic E-state index is 14.2. The van der Waals surface area contributed by atoms with Gasteiger partial charge in [0.05, 0.1) is 18.4 Å². The SMILES string of the molecule is CS(=O)(=O)NC1CCCN(C(=O)Nc2ccc(F)c(NC(=O)Cc3ccccc3)c2)C1. The number of nitrogens with zero attached hydrogens (tertiary/aromatic N) is 1. The molecule has 10 heteroatoms. The molecule has 0 aromatic heterocycles. The molecule has 0 radical (unpaired) electrons. The molecule has 0 bridgehead atoms. The molecule has 3 amide bonds. The van der Waals surface area contributed by atoms with Crippen LogP contribution in [-0.2, 0) is 21.2 Å². The molecule has 0 aliphatic carbocycles. The predicted molar refractivity (Wildman–Crippen MR) is 117 cm³/mol. The normalized spacial score (nSPS) is 16.6. The third-order valence-corrected chi connectivity index (χ3v) is 5.55. The molecule has 0 saturated carbocycles. The summed E-state index contributed by atoms with van der Waals surface area (Å²) in [6, 6.07) is 12.2. The molecular weight excluding hydrogens is 423 g/mol. The summed E-state index contributed by atoms with van der Waals surface area (Å²) in [7, 11) is -3.37. The first kappa shape index (κ1) is 22.7. The van der Waals surface area contributed by atoms with Gasteiger partial charge in [0.15, 0.2) is 0 Å². The Morgan fingerprint density at radius 1 is 1.13 bits per heavy atom. The van der Waals surface area contributed by atoms with Crippen LogP contribution in [0.2, 0.25) is 0 Å². The monoisotopic (exact) mass is 448 g/mol. The smallest absolute Gasteiger partial charge is 0.321 e. The third-order valence-electron chi connectivity index (χ3n) is 4.79. The quantitative estimate of drug-likeness (QED) is 0.631. The summed E-state index contributed by atoms with van der Waals surface area (Å²) >= 11 is 0. The van der Waals surface area contributed by atoms with E-state index in [1.807, 2.05) is 18.2 Å². The minimum absolute atomic E-state index is 0.0333. The highest BCUT2D eigenvalue weighted by atomic mass is 32.2. The molecule has 1 aliphatic rings. The lowest BCUT2D eigenvalue weighted by Gasteiger charge is -2.32. The maximum Gasteiger partial charge on any atom is 0.321 e. The maximum atomic E-state index is 14.2. The number of likely N-dealkylation sites (tertiary alicyclic amines) is 1. The minimum Gasteiger partial charge on any atom is -0.323 e. The first-order valence-corrected chi connectivity index (χ1v) is 11.8. The molecule has 1 aliphatic heterocycles. The summed E-state index contributed by atoms with van der Waals surface area (Å²) in [6.45, 7) is 0.719. The summed E-state index contributed by atoms with van der Waals surface area (Å²) in [5.41, 5.74) is 1.08. The first-order valence-electron chi connectivity index (χ1n) is 9.86. The summed E-state index contributed by atoms with van der Waals surface area (Å²) < 4.78 is 39.6. The van der Waals surface area contributed by atoms with Gasteiger partial charge < -0.3 is 15.5 Å². The van der Waals surface area contributed by atoms with Crippen LogP contribution in [0, 0.1) is 5.82 Å². The number of nitrogens with one attached hydrogen (secondary N) is 3. The van der Waals surface area contributed by atoms with Crippen LogP contribution in [0.1, 0.15) is 18.4 Å². The van der Waals surface area contributed by atoms with Crippen LogP contribution in [0.25, 0.3) is 0 Å². The van der Waals surface area contributed by atoms with Crippen molar-refractivity contribution >= 4 is 33.3 Å². The molecule has 1 atom stereocenters. The van der Waals surface area contributed by atoms with Crippen LogP contribution in [0.15, 0.2) is 48.5 Å². The van der Waals surface area contributed by atoms with Crippen molar-refractivity contribution in [3.05, 3.63) is 59.9 Å². The lowest BCUT2D eigenvalue weighted by molar-refractivity contribution is -0.115. The van der Waals surface area contributed by atoms with Gasteiger partial charge >= 0.3 is 6.03 Å². The number of sulfonamides is 1. The van der Waals surface area contributed by atoms with Crippen LogP contribution in [0.4, 0.5) is 20.6 Å². The van der Waals surface area contributed by atoms with E-state index in [0.29, 0.717) is 25.1 Å². The van der Waals surface area contributed by atoms with Gasteiger partial charge in [-0.15, -0.1) is 0 Å². The summed E-state index contributed by atoms with van der Waals surface area (Å²) in [4.78, 5) is 26.3. The van der Waals surface area contributed by atoms with Gasteiger partial charge in [0.1, 0.15) is 5.82 Å². The second kappa shape index (κ2) is 9.88. The van der Waals surface area contributed by atoms with Crippen LogP contribution in [-0.4, -0.2) is 50.6 Å². The van der Waals surface area contributed by atoms with Crippen molar-refractivity contribution in [1.29, 1.82) is 0 Å². The van der Waals surface area contributed by atoms with Gasteiger partial charge in [0, 0.05) is 24.8 Å². The van der Waals surface area contributed by atoms with E-state index >= 15 is 0 Å². The second-order valence-electron chi connectivity index (χ2n) is 7.51. The van der Waals surface area contributed by atoms with Crippen molar-refractivity contribution in [3.8, 4) is 0 Å². The third kappa shape index (κ3) is 7.04. The van der Waals surface area contributed by atoms with E-state index in [4.69, 9.17) is 0 Å². The van der Waals surface area contributed by atoms with Crippen molar-refractivity contribution < 1.29 is 22.4 Å². The van der Waals surface area contributed by atoms with E-state index in [1.54, 1.807) is 12.1 Å². The average molecular weight is 449 g/mol. The highest BCUT2D eigenvalue weighted by molar-refractivity contribution is 7.88. The second-order valence-corrected chi connectivity index (χ2v) is 9.29. The molecule has 1 heterocycles. The number of benzene rings is 2. The number of hydrogen-bond acceptors (Lipinski definition) is 4. The number of amides is 3. The molecule has 1 unspecified atom stereocenters. The van der Waals surface area contributed by atoms with E-state index in [9.17, 15) is 22.4 Å². The standard InChI is InChI=1S/C21H25FN4O4S/c1-31(29,30)25-17-8-5-11-26(14-17)21(28)23-16-9-10-18(22)19(13-16)24-20(27)12-15-6-3-2-4-7-15/h2-4,6-7,9-10,13,17,25H,5,8,11-12,14H2,1H3,(H,23,28)(H,24,27). The number of anilines is 2. The number of piperidine rings is 1. The zero-order chi connectivity index (χ0) is 22.4. The molecule has 0 spiro atoms. The number of urea groups is 1. The number of hydrogen-bond donors (Lipinski definition) is 3. The summed E-state index contributed by atoms with van der Waals surface area (Å²) in [5.74, 6) is -0.992. The first-order chi connectivity index (χ1) is 14.7. The van der Waals surface area contributed by atoms with Crippen molar-refractivity contribution in [2.24, 2.45) is 0 Å². The average Bonchev–Trinajstić information content (AvgIpc) is 2.70. The molecule has 2 aromatic rings. The van der Waals surface area contributed by atoms with E-state index in [2.05, 4.69) is 15.4 Å². The molecular formula is C21H25FN4O4S. The largest absolute Gasteiger partial charge is 0.323 e. The van der Waals surface area contributed by atoms with E-state index in [-0.39, 0.29) is 30.6 Å². The van der Waals surface area contributed by atoms with Gasteiger partial charge in [-0.2, -0.15) is 0 Å². The van der Waals surface area contributed by atoms with Gasteiger partial charge in [-0.05, 0) is 36.6 Å². The van der Waals surface area contributed by atoms with Crippen LogP contribution in [0.5, 0.6) is 0 Å². The van der Waals surface area contributed by atoms with E-state index < -0.39 is 21.9 Å². The molecule has 1 saturated heterocycles. The van der Waals surface area contributed by atoms with Crippen LogP contribution >= 0.6 is 0 Å². The number of halogens is 1. The molecule has 2 aromatic carbocycles. The Hall–Kier alpha value is -2.98. The molecule has 31 heavy (non-hydrogen) atoms. The van der Waals surface area contributed by atoms with Gasteiger partial charge in [-0.1, -0.05) is 30.3 Å². The number of carbonyl (C=O) groups is 2. The lowest BCUT2D eigenvalue weighted by atomic mass is 10.1. The molecule has 8 nitrogen and oxygen atoms in total. The Morgan fingerprint density at radius 2 is 1.87 bits per heavy atom. The summed E-state index contributed by atoms with van der Waals surface area (Å²) in [6.07, 6.45) is 2.48. The zero-order valence-electron chi connectivity index (χ0n) is 17.1. The van der Waals surface area contributed by atoms with Gasteiger partial charge in [-0.25, -0.2) is 22.3 Å². The zero-order valence-corrected chi connectivity index (χ0v) is 17.9. The van der Waals surface area contributed by atoms with Crippen molar-refractivity contribution in [3.63, 3.8) is 0 Å². The molecule has 166 valence electrons. The molecule has 1 fully saturated rings. The van der Waals surface area contributed by atoms with Gasteiger partial charge in [0.2, 0.25) is 15.9 Å². The minimum atomic E-state index is -3.37. The molecule has 3 rings (SSSR count). The Bertz CT molecular complexity index is 1050. The van der Waals surface area contributed by atoms with Gasteiger partial charge in [-0.3, -0.25) is 4.79 Å². The number of rotatable bonds is 6. The fraction of sp³-hybridized carbons (Fsp3) is 0.333. The summed E-state index contributed by atoms with van der Waals surface area (Å²) in [5, 5.41) is 5.21. The van der Waals surface area contributed by atoms with Crippen molar-refractivity contribution in [2.75, 3.05) is 30.0 Å². The molecule has 3 N–H and O–H groups in total. The Morgan fingerprint density at radius 3 is 2.58 bits per heavy atom. The van der Waals surface area contributed by atoms with Crippen LogP contribution in [0.3, 0.4) is 0 Å². The Labute approximate surface area is 180 Å². The number of carbonyl (C=O) groups excluding carboxylic acids is 2. The Kier molecular flexibility index (Phi) is 7.24. The van der Waals surface area contributed by atoms with Crippen molar-refractivity contribution in [2.45, 2.75) is 25.3 Å². The van der Waals surface area contributed by atoms with E-state index in [1.165, 1.54) is 17.0 Å². The van der Waals surface area contributed by atoms with Crippen LogP contribution < -0.4 is 15.4 Å². The fourth-order valence-corrected chi connectivity index (χ4v) is 4.24. The van der Waals surface area contributed by atoms with Gasteiger partial charge in [0.25, 0.3) is 0 Å². The highest BCUT2D eigenvalue weighted by Crippen LogP contribution is 2.21. The van der Waals surface area contributed by atoms with Crippen molar-refractivity contribution in [1.82, 2.24) is 9.62 Å². The fourth-order valence-electron chi connectivity index (χ4n) is 3.44. The Balaban J connectivity index is 1.61. The lowest BCUT2D eigenvalue weighted by Crippen LogP contribution is -2.50. The predicted octanol–water partition coefficient (Wildman–Crippen LogP) is 2.55.